The Labute approximate surface area is 184 Å². The zero-order valence-corrected chi connectivity index (χ0v) is 18.1. The van der Waals surface area contributed by atoms with Crippen LogP contribution in [0.25, 0.3) is 0 Å². The highest BCUT2D eigenvalue weighted by Crippen LogP contribution is 2.37. The quantitative estimate of drug-likeness (QED) is 0.579. The van der Waals surface area contributed by atoms with Gasteiger partial charge >= 0.3 is 0 Å². The van der Waals surface area contributed by atoms with Crippen molar-refractivity contribution in [1.29, 1.82) is 0 Å². The topological polar surface area (TPSA) is 41.6 Å². The lowest BCUT2D eigenvalue weighted by molar-refractivity contribution is -0.123. The van der Waals surface area contributed by atoms with Crippen LogP contribution >= 0.6 is 0 Å². The first-order valence-electron chi connectivity index (χ1n) is 11.1. The number of benzene rings is 3. The van der Waals surface area contributed by atoms with Crippen molar-refractivity contribution in [3.05, 3.63) is 101 Å². The highest BCUT2D eigenvalue weighted by atomic mass is 16.5. The molecule has 0 radical (unpaired) electrons. The van der Waals surface area contributed by atoms with E-state index in [9.17, 15) is 4.79 Å². The summed E-state index contributed by atoms with van der Waals surface area (Å²) in [5.74, 6) is 0.665. The van der Waals surface area contributed by atoms with Crippen molar-refractivity contribution in [3.63, 3.8) is 0 Å². The van der Waals surface area contributed by atoms with Gasteiger partial charge in [-0.15, -0.1) is 0 Å². The third-order valence-electron chi connectivity index (χ3n) is 5.73. The van der Waals surface area contributed by atoms with E-state index in [1.165, 1.54) is 22.3 Å². The molecule has 160 valence electrons. The third kappa shape index (κ3) is 5.33. The van der Waals surface area contributed by atoms with Crippen molar-refractivity contribution in [1.82, 2.24) is 10.2 Å². The van der Waals surface area contributed by atoms with Crippen LogP contribution in [0.4, 0.5) is 0 Å². The van der Waals surface area contributed by atoms with E-state index in [1.807, 2.05) is 13.0 Å². The van der Waals surface area contributed by atoms with Crippen LogP contribution < -0.4 is 10.1 Å². The van der Waals surface area contributed by atoms with Crippen molar-refractivity contribution < 1.29 is 9.53 Å². The second-order valence-corrected chi connectivity index (χ2v) is 8.02. The second kappa shape index (κ2) is 10.3. The monoisotopic (exact) mass is 414 g/mol. The van der Waals surface area contributed by atoms with E-state index in [-0.39, 0.29) is 18.6 Å². The van der Waals surface area contributed by atoms with Gasteiger partial charge in [-0.05, 0) is 47.2 Å². The molecule has 0 bridgehead atoms. The number of fused-ring (bicyclic) bond motifs is 1. The molecule has 1 unspecified atom stereocenters. The molecule has 0 aliphatic carbocycles. The van der Waals surface area contributed by atoms with E-state index in [0.717, 1.165) is 31.7 Å². The molecule has 1 N–H and O–H groups in total. The Morgan fingerprint density at radius 3 is 2.52 bits per heavy atom. The summed E-state index contributed by atoms with van der Waals surface area (Å²) in [6, 6.07) is 27.7. The van der Waals surface area contributed by atoms with Crippen molar-refractivity contribution in [2.45, 2.75) is 32.4 Å². The normalized spacial score (nSPS) is 15.8. The van der Waals surface area contributed by atoms with E-state index in [0.29, 0.717) is 6.54 Å². The molecule has 4 rings (SSSR count). The summed E-state index contributed by atoms with van der Waals surface area (Å²) >= 11 is 0. The van der Waals surface area contributed by atoms with Crippen LogP contribution in [0.2, 0.25) is 0 Å². The van der Waals surface area contributed by atoms with Crippen molar-refractivity contribution in [2.24, 2.45) is 0 Å². The number of nitrogens with one attached hydrogen (secondary N) is 1. The van der Waals surface area contributed by atoms with E-state index >= 15 is 0 Å². The van der Waals surface area contributed by atoms with Crippen LogP contribution in [0, 0.1) is 0 Å². The van der Waals surface area contributed by atoms with Gasteiger partial charge in [0.15, 0.2) is 6.61 Å². The predicted octanol–water partition coefficient (Wildman–Crippen LogP) is 4.74. The third-order valence-corrected chi connectivity index (χ3v) is 5.73. The standard InChI is InChI=1S/C27H30N2O2/c1-2-16-28-26(30)20-31-24-14-13-22-15-17-29(19-21-9-5-3-6-10-21)27(25(22)18-24)23-11-7-4-8-12-23/h3-14,18,27H,2,15-17,19-20H2,1H3,(H,28,30). The number of amides is 1. The van der Waals surface area contributed by atoms with Crippen LogP contribution in [0.1, 0.15) is 41.6 Å². The molecule has 0 spiro atoms. The Morgan fingerprint density at radius 1 is 1.03 bits per heavy atom. The highest BCUT2D eigenvalue weighted by molar-refractivity contribution is 5.77. The predicted molar refractivity (Wildman–Crippen MR) is 124 cm³/mol. The Morgan fingerprint density at radius 2 is 1.77 bits per heavy atom. The van der Waals surface area contributed by atoms with Crippen LogP contribution in [-0.2, 0) is 17.8 Å². The zero-order valence-electron chi connectivity index (χ0n) is 18.1. The molecule has 1 amide bonds. The molecule has 0 saturated carbocycles. The number of rotatable bonds is 8. The van der Waals surface area contributed by atoms with Gasteiger partial charge in [-0.1, -0.05) is 73.7 Å². The van der Waals surface area contributed by atoms with Gasteiger partial charge in [-0.25, -0.2) is 0 Å². The van der Waals surface area contributed by atoms with Gasteiger partial charge < -0.3 is 10.1 Å². The van der Waals surface area contributed by atoms with Crippen molar-refractivity contribution in [2.75, 3.05) is 19.7 Å². The maximum Gasteiger partial charge on any atom is 0.257 e. The number of ether oxygens (including phenoxy) is 1. The number of carbonyl (C=O) groups excluding carboxylic acids is 1. The lowest BCUT2D eigenvalue weighted by Gasteiger charge is -2.38. The zero-order chi connectivity index (χ0) is 21.5. The smallest absolute Gasteiger partial charge is 0.257 e. The van der Waals surface area contributed by atoms with Crippen molar-refractivity contribution >= 4 is 5.91 Å². The molecule has 1 aliphatic heterocycles. The Hall–Kier alpha value is -3.11. The van der Waals surface area contributed by atoms with E-state index in [4.69, 9.17) is 4.74 Å². The van der Waals surface area contributed by atoms with Gasteiger partial charge in [-0.3, -0.25) is 9.69 Å². The molecular weight excluding hydrogens is 384 g/mol. The molecule has 1 aliphatic rings. The van der Waals surface area contributed by atoms with Crippen molar-refractivity contribution in [3.8, 4) is 5.75 Å². The molecule has 0 saturated heterocycles. The minimum absolute atomic E-state index is 0.0442. The number of carbonyl (C=O) groups is 1. The van der Waals surface area contributed by atoms with Crippen LogP contribution in [-0.4, -0.2) is 30.5 Å². The molecule has 1 heterocycles. The molecular formula is C27H30N2O2. The minimum atomic E-state index is -0.0788. The molecule has 0 aromatic heterocycles. The van der Waals surface area contributed by atoms with E-state index in [1.54, 1.807) is 0 Å². The summed E-state index contributed by atoms with van der Waals surface area (Å²) in [6.07, 6.45) is 1.92. The average Bonchev–Trinajstić information content (AvgIpc) is 2.82. The second-order valence-electron chi connectivity index (χ2n) is 8.02. The van der Waals surface area contributed by atoms with Crippen LogP contribution in [0.5, 0.6) is 5.75 Å². The number of nitrogens with zero attached hydrogens (tertiary/aromatic N) is 1. The van der Waals surface area contributed by atoms with Crippen LogP contribution in [0.3, 0.4) is 0 Å². The molecule has 3 aromatic rings. The van der Waals surface area contributed by atoms with Gasteiger partial charge in [0, 0.05) is 19.6 Å². The maximum absolute atomic E-state index is 12.0. The van der Waals surface area contributed by atoms with Gasteiger partial charge in [0.1, 0.15) is 5.75 Å². The average molecular weight is 415 g/mol. The van der Waals surface area contributed by atoms with Crippen LogP contribution in [0.15, 0.2) is 78.9 Å². The lowest BCUT2D eigenvalue weighted by Crippen LogP contribution is -2.35. The molecule has 0 fully saturated rings. The summed E-state index contributed by atoms with van der Waals surface area (Å²) in [6.45, 7) is 4.65. The van der Waals surface area contributed by atoms with Gasteiger partial charge in [-0.2, -0.15) is 0 Å². The fourth-order valence-electron chi connectivity index (χ4n) is 4.21. The fourth-order valence-corrected chi connectivity index (χ4v) is 4.21. The summed E-state index contributed by atoms with van der Waals surface area (Å²) < 4.78 is 5.84. The first-order valence-corrected chi connectivity index (χ1v) is 11.1. The molecule has 4 nitrogen and oxygen atoms in total. The Bertz CT molecular complexity index is 989. The largest absolute Gasteiger partial charge is 0.484 e. The first-order chi connectivity index (χ1) is 15.2. The van der Waals surface area contributed by atoms with E-state index < -0.39 is 0 Å². The van der Waals surface area contributed by atoms with Gasteiger partial charge in [0.2, 0.25) is 0 Å². The summed E-state index contributed by atoms with van der Waals surface area (Å²) in [4.78, 5) is 14.5. The Balaban J connectivity index is 1.60. The molecule has 3 aromatic carbocycles. The summed E-state index contributed by atoms with van der Waals surface area (Å²) in [5.41, 5.74) is 5.20. The van der Waals surface area contributed by atoms with E-state index in [2.05, 4.69) is 83.0 Å². The lowest BCUT2D eigenvalue weighted by atomic mass is 9.87. The summed E-state index contributed by atoms with van der Waals surface area (Å²) in [7, 11) is 0. The minimum Gasteiger partial charge on any atom is -0.484 e. The summed E-state index contributed by atoms with van der Waals surface area (Å²) in [5, 5.41) is 2.86. The van der Waals surface area contributed by atoms with Gasteiger partial charge in [0.25, 0.3) is 5.91 Å². The fraction of sp³-hybridized carbons (Fsp3) is 0.296. The van der Waals surface area contributed by atoms with Gasteiger partial charge in [0.05, 0.1) is 6.04 Å². The first kappa shape index (κ1) is 21.1. The SMILES string of the molecule is CCCNC(=O)COc1ccc2c(c1)C(c1ccccc1)N(Cc1ccccc1)CC2. The molecule has 1 atom stereocenters. The number of hydrogen-bond donors (Lipinski definition) is 1. The number of hydrogen-bond acceptors (Lipinski definition) is 3. The highest BCUT2D eigenvalue weighted by Gasteiger charge is 2.29. The Kier molecular flexibility index (Phi) is 7.00. The molecule has 4 heteroatoms. The molecule has 31 heavy (non-hydrogen) atoms. The maximum atomic E-state index is 12.0.